The number of nitrogens with one attached hydrogen (secondary N) is 2. The molecule has 0 bridgehead atoms. The van der Waals surface area contributed by atoms with Gasteiger partial charge in [-0.1, -0.05) is 13.8 Å². The van der Waals surface area contributed by atoms with E-state index in [1.165, 1.54) is 5.01 Å². The first-order chi connectivity index (χ1) is 8.61. The zero-order chi connectivity index (χ0) is 13.4. The van der Waals surface area contributed by atoms with Crippen molar-refractivity contribution in [2.45, 2.75) is 33.6 Å². The molecule has 0 radical (unpaired) electrons. The van der Waals surface area contributed by atoms with E-state index in [1.54, 1.807) is 18.4 Å². The summed E-state index contributed by atoms with van der Waals surface area (Å²) >= 11 is 1.74. The standard InChI is InChI=1S/C13H24N4S/c1-10(2)8-16-13(14-4)15-7-5-6-12-17-11(3)9-18-12/h9-10H,5-8H2,1-4H3,(H2,14,15,16). The van der Waals surface area contributed by atoms with Gasteiger partial charge in [-0.25, -0.2) is 4.98 Å². The number of aliphatic imine (C=N–C) groups is 1. The Labute approximate surface area is 114 Å². The van der Waals surface area contributed by atoms with Crippen molar-refractivity contribution >= 4 is 17.3 Å². The zero-order valence-corrected chi connectivity index (χ0v) is 12.6. The summed E-state index contributed by atoms with van der Waals surface area (Å²) in [6.07, 6.45) is 2.11. The Bertz CT molecular complexity index is 371. The van der Waals surface area contributed by atoms with Crippen LogP contribution in [0.3, 0.4) is 0 Å². The molecular weight excluding hydrogens is 244 g/mol. The van der Waals surface area contributed by atoms with Crippen molar-refractivity contribution in [2.75, 3.05) is 20.1 Å². The topological polar surface area (TPSA) is 49.3 Å². The molecule has 0 aromatic carbocycles. The van der Waals surface area contributed by atoms with Crippen LogP contribution >= 0.6 is 11.3 Å². The fraction of sp³-hybridized carbons (Fsp3) is 0.692. The third-order valence-electron chi connectivity index (χ3n) is 2.43. The predicted octanol–water partition coefficient (Wildman–Crippen LogP) is 2.21. The molecule has 0 aliphatic heterocycles. The zero-order valence-electron chi connectivity index (χ0n) is 11.8. The number of guanidine groups is 1. The second kappa shape index (κ2) is 8.08. The number of thiazole rings is 1. The molecule has 0 saturated heterocycles. The molecule has 0 aliphatic rings. The van der Waals surface area contributed by atoms with E-state index in [0.29, 0.717) is 5.92 Å². The molecule has 1 aromatic rings. The molecule has 0 aliphatic carbocycles. The highest BCUT2D eigenvalue weighted by molar-refractivity contribution is 7.09. The lowest BCUT2D eigenvalue weighted by Gasteiger charge is -2.12. The van der Waals surface area contributed by atoms with Crippen LogP contribution in [0, 0.1) is 12.8 Å². The highest BCUT2D eigenvalue weighted by atomic mass is 32.1. The van der Waals surface area contributed by atoms with Gasteiger partial charge in [-0.2, -0.15) is 0 Å². The maximum Gasteiger partial charge on any atom is 0.190 e. The van der Waals surface area contributed by atoms with Gasteiger partial charge in [0.15, 0.2) is 5.96 Å². The van der Waals surface area contributed by atoms with Crippen molar-refractivity contribution in [2.24, 2.45) is 10.9 Å². The predicted molar refractivity (Wildman–Crippen MR) is 79.4 cm³/mol. The van der Waals surface area contributed by atoms with Crippen LogP contribution in [0.5, 0.6) is 0 Å². The van der Waals surface area contributed by atoms with Gasteiger partial charge < -0.3 is 10.6 Å². The van der Waals surface area contributed by atoms with Crippen LogP contribution < -0.4 is 10.6 Å². The van der Waals surface area contributed by atoms with E-state index in [2.05, 4.69) is 39.8 Å². The van der Waals surface area contributed by atoms with E-state index in [4.69, 9.17) is 0 Å². The number of nitrogens with zero attached hydrogens (tertiary/aromatic N) is 2. The second-order valence-electron chi connectivity index (χ2n) is 4.76. The van der Waals surface area contributed by atoms with Crippen LogP contribution in [-0.2, 0) is 6.42 Å². The number of rotatable bonds is 6. The Hall–Kier alpha value is -1.10. The molecular formula is C13H24N4S. The van der Waals surface area contributed by atoms with Crippen molar-refractivity contribution in [3.05, 3.63) is 16.1 Å². The van der Waals surface area contributed by atoms with Crippen LogP contribution in [0.15, 0.2) is 10.4 Å². The summed E-state index contributed by atoms with van der Waals surface area (Å²) in [5, 5.41) is 9.94. The number of aromatic nitrogens is 1. The van der Waals surface area contributed by atoms with Crippen molar-refractivity contribution in [3.63, 3.8) is 0 Å². The summed E-state index contributed by atoms with van der Waals surface area (Å²) in [6.45, 7) is 8.29. The van der Waals surface area contributed by atoms with Gasteiger partial charge in [-0.3, -0.25) is 4.99 Å². The maximum atomic E-state index is 4.45. The van der Waals surface area contributed by atoms with Crippen LogP contribution in [0.2, 0.25) is 0 Å². The van der Waals surface area contributed by atoms with Crippen molar-refractivity contribution < 1.29 is 0 Å². The molecule has 4 nitrogen and oxygen atoms in total. The third-order valence-corrected chi connectivity index (χ3v) is 3.45. The molecule has 0 unspecified atom stereocenters. The minimum absolute atomic E-state index is 0.627. The van der Waals surface area contributed by atoms with Crippen molar-refractivity contribution in [1.82, 2.24) is 15.6 Å². The molecule has 1 rings (SSSR count). The third kappa shape index (κ3) is 6.00. The number of aryl methyl sites for hydroxylation is 2. The van der Waals surface area contributed by atoms with Gasteiger partial charge in [0.2, 0.25) is 0 Å². The van der Waals surface area contributed by atoms with Crippen molar-refractivity contribution in [1.29, 1.82) is 0 Å². The lowest BCUT2D eigenvalue weighted by atomic mass is 10.2. The first-order valence-corrected chi connectivity index (χ1v) is 7.35. The molecule has 1 aromatic heterocycles. The van der Waals surface area contributed by atoms with Crippen LogP contribution in [0.1, 0.15) is 31.0 Å². The molecule has 2 N–H and O–H groups in total. The molecule has 1 heterocycles. The van der Waals surface area contributed by atoms with E-state index in [1.807, 2.05) is 6.92 Å². The number of hydrogen-bond donors (Lipinski definition) is 2. The minimum atomic E-state index is 0.627. The van der Waals surface area contributed by atoms with Gasteiger partial charge >= 0.3 is 0 Å². The van der Waals surface area contributed by atoms with Crippen molar-refractivity contribution in [3.8, 4) is 0 Å². The monoisotopic (exact) mass is 268 g/mol. The van der Waals surface area contributed by atoms with E-state index in [9.17, 15) is 0 Å². The molecule has 0 amide bonds. The SMILES string of the molecule is CN=C(NCCCc1nc(C)cs1)NCC(C)C. The summed E-state index contributed by atoms with van der Waals surface area (Å²) in [5.74, 6) is 1.51. The van der Waals surface area contributed by atoms with E-state index < -0.39 is 0 Å². The Balaban J connectivity index is 2.16. The van der Waals surface area contributed by atoms with Gasteiger partial charge in [0, 0.05) is 37.6 Å². The second-order valence-corrected chi connectivity index (χ2v) is 5.70. The van der Waals surface area contributed by atoms with E-state index >= 15 is 0 Å². The normalized spacial score (nSPS) is 11.9. The Morgan fingerprint density at radius 1 is 1.44 bits per heavy atom. The molecule has 0 saturated carbocycles. The van der Waals surface area contributed by atoms with E-state index in [-0.39, 0.29) is 0 Å². The molecule has 18 heavy (non-hydrogen) atoms. The van der Waals surface area contributed by atoms with Gasteiger partial charge in [-0.15, -0.1) is 11.3 Å². The Morgan fingerprint density at radius 3 is 2.78 bits per heavy atom. The first-order valence-electron chi connectivity index (χ1n) is 6.47. The summed E-state index contributed by atoms with van der Waals surface area (Å²) in [7, 11) is 1.81. The lowest BCUT2D eigenvalue weighted by Crippen LogP contribution is -2.39. The molecule has 0 fully saturated rings. The Morgan fingerprint density at radius 2 is 2.22 bits per heavy atom. The largest absolute Gasteiger partial charge is 0.356 e. The van der Waals surface area contributed by atoms with Crippen LogP contribution in [0.4, 0.5) is 0 Å². The van der Waals surface area contributed by atoms with Crippen LogP contribution in [0.25, 0.3) is 0 Å². The van der Waals surface area contributed by atoms with Gasteiger partial charge in [-0.05, 0) is 19.3 Å². The molecule has 5 heteroatoms. The summed E-state index contributed by atoms with van der Waals surface area (Å²) < 4.78 is 0. The summed E-state index contributed by atoms with van der Waals surface area (Å²) in [6, 6.07) is 0. The quantitative estimate of drug-likeness (QED) is 0.472. The number of hydrogen-bond acceptors (Lipinski definition) is 3. The maximum absolute atomic E-state index is 4.45. The Kier molecular flexibility index (Phi) is 6.72. The van der Waals surface area contributed by atoms with E-state index in [0.717, 1.165) is 37.6 Å². The highest BCUT2D eigenvalue weighted by Crippen LogP contribution is 2.10. The molecule has 102 valence electrons. The fourth-order valence-electron chi connectivity index (χ4n) is 1.49. The average Bonchev–Trinajstić information content (AvgIpc) is 2.74. The van der Waals surface area contributed by atoms with Gasteiger partial charge in [0.05, 0.1) is 5.01 Å². The summed E-state index contributed by atoms with van der Waals surface area (Å²) in [4.78, 5) is 8.64. The highest BCUT2D eigenvalue weighted by Gasteiger charge is 2.00. The van der Waals surface area contributed by atoms with Crippen LogP contribution in [-0.4, -0.2) is 31.1 Å². The fourth-order valence-corrected chi connectivity index (χ4v) is 2.30. The minimum Gasteiger partial charge on any atom is -0.356 e. The lowest BCUT2D eigenvalue weighted by molar-refractivity contribution is 0.612. The van der Waals surface area contributed by atoms with Gasteiger partial charge in [0.25, 0.3) is 0 Å². The summed E-state index contributed by atoms with van der Waals surface area (Å²) in [5.41, 5.74) is 1.12. The first kappa shape index (κ1) is 15.0. The smallest absolute Gasteiger partial charge is 0.190 e. The molecule has 0 atom stereocenters. The molecule has 0 spiro atoms. The van der Waals surface area contributed by atoms with Gasteiger partial charge in [0.1, 0.15) is 0 Å². The average molecular weight is 268 g/mol.